The average Bonchev–Trinajstić information content (AvgIpc) is 3.12. The first-order chi connectivity index (χ1) is 17.3. The van der Waals surface area contributed by atoms with Crippen LogP contribution in [0.2, 0.25) is 5.02 Å². The van der Waals surface area contributed by atoms with Gasteiger partial charge in [0.2, 0.25) is 11.8 Å². The molecule has 2 aromatic rings. The number of hydrogen-bond acceptors (Lipinski definition) is 2. The number of rotatable bonds is 17. The predicted molar refractivity (Wildman–Crippen MR) is 153 cm³/mol. The molecule has 0 aliphatic rings. The summed E-state index contributed by atoms with van der Waals surface area (Å²) >= 11 is 6.31. The Hall–Kier alpha value is -2.01. The van der Waals surface area contributed by atoms with Crippen LogP contribution in [-0.4, -0.2) is 52.9 Å². The minimum atomic E-state index is 0.211. The van der Waals surface area contributed by atoms with Gasteiger partial charge in [0.1, 0.15) is 0 Å². The van der Waals surface area contributed by atoms with Crippen LogP contribution in [0.4, 0.5) is 0 Å². The second kappa shape index (κ2) is 16.0. The fourth-order valence-corrected chi connectivity index (χ4v) is 5.12. The van der Waals surface area contributed by atoms with Gasteiger partial charge in [-0.15, -0.1) is 0 Å². The van der Waals surface area contributed by atoms with E-state index in [-0.39, 0.29) is 11.8 Å². The van der Waals surface area contributed by atoms with E-state index in [1.807, 2.05) is 24.1 Å². The number of nitrogens with zero attached hydrogens (tertiary/aromatic N) is 3. The van der Waals surface area contributed by atoms with Crippen molar-refractivity contribution in [2.75, 3.05) is 26.7 Å². The van der Waals surface area contributed by atoms with Crippen LogP contribution in [0.15, 0.2) is 18.2 Å². The fourth-order valence-electron chi connectivity index (χ4n) is 4.95. The smallest absolute Gasteiger partial charge is 0.227 e. The quantitative estimate of drug-likeness (QED) is 0.205. The molecular weight excluding hydrogens is 470 g/mol. The van der Waals surface area contributed by atoms with Gasteiger partial charge in [-0.05, 0) is 63.3 Å². The fraction of sp³-hybridized carbons (Fsp3) is 0.667. The summed E-state index contributed by atoms with van der Waals surface area (Å²) in [7, 11) is 1.91. The Morgan fingerprint density at radius 3 is 2.19 bits per heavy atom. The Balaban J connectivity index is 1.87. The number of aromatic nitrogens is 1. The maximum Gasteiger partial charge on any atom is 0.227 e. The lowest BCUT2D eigenvalue weighted by atomic mass is 10.1. The Bertz CT molecular complexity index is 969. The molecule has 0 saturated heterocycles. The Morgan fingerprint density at radius 1 is 0.861 bits per heavy atom. The van der Waals surface area contributed by atoms with Crippen molar-refractivity contribution >= 4 is 34.3 Å². The molecule has 2 rings (SSSR count). The third-order valence-corrected chi connectivity index (χ3v) is 7.52. The topological polar surface area (TPSA) is 45.6 Å². The van der Waals surface area contributed by atoms with Gasteiger partial charge in [-0.3, -0.25) is 9.59 Å². The third-order valence-electron chi connectivity index (χ3n) is 7.29. The molecule has 0 bridgehead atoms. The van der Waals surface area contributed by atoms with Gasteiger partial charge >= 0.3 is 0 Å². The van der Waals surface area contributed by atoms with Crippen molar-refractivity contribution in [1.29, 1.82) is 0 Å². The van der Waals surface area contributed by atoms with E-state index in [1.54, 1.807) is 0 Å². The normalized spacial score (nSPS) is 11.3. The molecule has 0 spiro atoms. The van der Waals surface area contributed by atoms with Crippen molar-refractivity contribution in [2.24, 2.45) is 0 Å². The van der Waals surface area contributed by atoms with Gasteiger partial charge in [0, 0.05) is 61.3 Å². The van der Waals surface area contributed by atoms with Crippen LogP contribution in [0.5, 0.6) is 0 Å². The lowest BCUT2D eigenvalue weighted by molar-refractivity contribution is -0.131. The van der Waals surface area contributed by atoms with Crippen LogP contribution in [-0.2, 0) is 22.6 Å². The standard InChI is InChI=1S/C30H48ClN3O2/c1-6-9-19-32(5)29(35)16-14-12-11-13-15-21-33(20-10-7-2)30(36)23-26-24(4)34(8-3)28-18-17-25(31)22-27(26)28/h17-18,22H,6-16,19-21,23H2,1-5H3. The number of carbonyl (C=O) groups is 2. The highest BCUT2D eigenvalue weighted by Crippen LogP contribution is 2.29. The van der Waals surface area contributed by atoms with Gasteiger partial charge in [0.25, 0.3) is 0 Å². The first kappa shape index (κ1) is 30.2. The Morgan fingerprint density at radius 2 is 1.50 bits per heavy atom. The summed E-state index contributed by atoms with van der Waals surface area (Å²) in [6.45, 7) is 11.9. The maximum absolute atomic E-state index is 13.4. The van der Waals surface area contributed by atoms with Crippen molar-refractivity contribution < 1.29 is 9.59 Å². The highest BCUT2D eigenvalue weighted by atomic mass is 35.5. The molecule has 1 aromatic heterocycles. The van der Waals surface area contributed by atoms with Gasteiger partial charge in [0.05, 0.1) is 6.42 Å². The van der Waals surface area contributed by atoms with E-state index < -0.39 is 0 Å². The largest absolute Gasteiger partial charge is 0.346 e. The van der Waals surface area contributed by atoms with E-state index >= 15 is 0 Å². The third kappa shape index (κ3) is 8.83. The van der Waals surface area contributed by atoms with E-state index in [1.165, 1.54) is 0 Å². The monoisotopic (exact) mass is 517 g/mol. The molecule has 0 fully saturated rings. The number of aryl methyl sites for hydroxylation is 1. The highest BCUT2D eigenvalue weighted by molar-refractivity contribution is 6.31. The number of benzene rings is 1. The molecule has 0 saturated carbocycles. The van der Waals surface area contributed by atoms with Gasteiger partial charge in [-0.25, -0.2) is 0 Å². The van der Waals surface area contributed by atoms with Gasteiger partial charge in [-0.1, -0.05) is 57.6 Å². The first-order valence-corrected chi connectivity index (χ1v) is 14.5. The molecule has 6 heteroatoms. The molecule has 5 nitrogen and oxygen atoms in total. The molecular formula is C30H48ClN3O2. The summed E-state index contributed by atoms with van der Waals surface area (Å²) in [6, 6.07) is 5.99. The summed E-state index contributed by atoms with van der Waals surface area (Å²) in [4.78, 5) is 29.5. The zero-order valence-electron chi connectivity index (χ0n) is 23.4. The Kier molecular flexibility index (Phi) is 13.4. The van der Waals surface area contributed by atoms with Crippen LogP contribution < -0.4 is 0 Å². The van der Waals surface area contributed by atoms with Crippen molar-refractivity contribution in [3.63, 3.8) is 0 Å². The van der Waals surface area contributed by atoms with Gasteiger partial charge in [0.15, 0.2) is 0 Å². The van der Waals surface area contributed by atoms with Crippen LogP contribution >= 0.6 is 11.6 Å². The lowest BCUT2D eigenvalue weighted by Gasteiger charge is -2.23. The minimum Gasteiger partial charge on any atom is -0.346 e. The molecule has 0 radical (unpaired) electrons. The number of halogens is 1. The molecule has 2 amide bonds. The summed E-state index contributed by atoms with van der Waals surface area (Å²) in [5.41, 5.74) is 3.42. The van der Waals surface area contributed by atoms with E-state index in [0.717, 1.165) is 106 Å². The first-order valence-electron chi connectivity index (χ1n) is 14.1. The van der Waals surface area contributed by atoms with Crippen molar-refractivity contribution in [3.8, 4) is 0 Å². The zero-order valence-corrected chi connectivity index (χ0v) is 24.1. The SMILES string of the molecule is CCCCN(C)C(=O)CCCCCCCN(CCCC)C(=O)Cc1c(C)n(CC)c2ccc(Cl)cc12. The zero-order chi connectivity index (χ0) is 26.5. The second-order valence-electron chi connectivity index (χ2n) is 10.1. The summed E-state index contributed by atoms with van der Waals surface area (Å²) in [5.74, 6) is 0.475. The van der Waals surface area contributed by atoms with E-state index in [2.05, 4.69) is 43.2 Å². The molecule has 0 aliphatic carbocycles. The molecule has 0 aliphatic heterocycles. The number of hydrogen-bond donors (Lipinski definition) is 0. The molecule has 0 atom stereocenters. The molecule has 1 heterocycles. The number of unbranched alkanes of at least 4 members (excludes halogenated alkanes) is 6. The summed E-state index contributed by atoms with van der Waals surface area (Å²) < 4.78 is 2.27. The molecule has 0 N–H and O–H groups in total. The van der Waals surface area contributed by atoms with Crippen molar-refractivity contribution in [2.45, 2.75) is 105 Å². The van der Waals surface area contributed by atoms with Crippen LogP contribution in [0.3, 0.4) is 0 Å². The molecule has 0 unspecified atom stereocenters. The van der Waals surface area contributed by atoms with E-state index in [4.69, 9.17) is 11.6 Å². The van der Waals surface area contributed by atoms with E-state index in [9.17, 15) is 9.59 Å². The number of carbonyl (C=O) groups excluding carboxylic acids is 2. The maximum atomic E-state index is 13.4. The van der Waals surface area contributed by atoms with Crippen LogP contribution in [0.25, 0.3) is 10.9 Å². The van der Waals surface area contributed by atoms with Gasteiger partial charge in [-0.2, -0.15) is 0 Å². The predicted octanol–water partition coefficient (Wildman–Crippen LogP) is 7.39. The summed E-state index contributed by atoms with van der Waals surface area (Å²) in [5, 5.41) is 1.81. The molecule has 1 aromatic carbocycles. The minimum absolute atomic E-state index is 0.211. The molecule has 36 heavy (non-hydrogen) atoms. The molecule has 202 valence electrons. The van der Waals surface area contributed by atoms with Crippen LogP contribution in [0, 0.1) is 6.92 Å². The lowest BCUT2D eigenvalue weighted by Crippen LogP contribution is -2.34. The average molecular weight is 518 g/mol. The second-order valence-corrected chi connectivity index (χ2v) is 10.5. The van der Waals surface area contributed by atoms with Crippen molar-refractivity contribution in [1.82, 2.24) is 14.4 Å². The Labute approximate surface area is 224 Å². The van der Waals surface area contributed by atoms with E-state index in [0.29, 0.717) is 17.9 Å². The van der Waals surface area contributed by atoms with Crippen molar-refractivity contribution in [3.05, 3.63) is 34.5 Å². The number of amides is 2. The highest BCUT2D eigenvalue weighted by Gasteiger charge is 2.20. The number of fused-ring (bicyclic) bond motifs is 1. The van der Waals surface area contributed by atoms with Gasteiger partial charge < -0.3 is 14.4 Å². The van der Waals surface area contributed by atoms with Crippen LogP contribution in [0.1, 0.15) is 96.2 Å². The summed E-state index contributed by atoms with van der Waals surface area (Å²) in [6.07, 6.45) is 10.6.